The number of carbonyl (C=O) groups excluding carboxylic acids is 3. The molecule has 11 heteroatoms. The lowest BCUT2D eigenvalue weighted by Crippen LogP contribution is -2.33. The number of nitrogens with zero attached hydrogens (tertiary/aromatic N) is 3. The van der Waals surface area contributed by atoms with E-state index >= 15 is 0 Å². The maximum absolute atomic E-state index is 13.9. The molecule has 0 bridgehead atoms. The van der Waals surface area contributed by atoms with E-state index in [1.807, 2.05) is 126 Å². The first-order valence-corrected chi connectivity index (χ1v) is 20.1. The van der Waals surface area contributed by atoms with Crippen LogP contribution in [0.15, 0.2) is 97.1 Å². The molecule has 0 aliphatic carbocycles. The summed E-state index contributed by atoms with van der Waals surface area (Å²) in [5, 5.41) is 3.56. The van der Waals surface area contributed by atoms with Gasteiger partial charge in [-0.25, -0.2) is 14.8 Å². The minimum absolute atomic E-state index is 0.179. The highest BCUT2D eigenvalue weighted by atomic mass is 32.1. The lowest BCUT2D eigenvalue weighted by molar-refractivity contribution is -0.143. The SMILES string of the molecule is CCOC(=O)CCCc1ccc(Oc2cccc(-c3ccc(N4CCc5cccc(C(=O)Nc6nc7ccccc7s6)c5C4)nc3C(=O)OC(C)(C)C)c2C)cc1. The van der Waals surface area contributed by atoms with Gasteiger partial charge in [0.05, 0.1) is 16.8 Å². The van der Waals surface area contributed by atoms with Crippen LogP contribution in [0.3, 0.4) is 0 Å². The monoisotopic (exact) mass is 782 g/mol. The van der Waals surface area contributed by atoms with E-state index in [-0.39, 0.29) is 17.6 Å². The molecule has 7 rings (SSSR count). The summed E-state index contributed by atoms with van der Waals surface area (Å²) >= 11 is 1.44. The van der Waals surface area contributed by atoms with Crippen molar-refractivity contribution in [2.24, 2.45) is 0 Å². The van der Waals surface area contributed by atoms with E-state index in [1.165, 1.54) is 11.3 Å². The third-order valence-electron chi connectivity index (χ3n) is 9.71. The third-order valence-corrected chi connectivity index (χ3v) is 10.7. The van der Waals surface area contributed by atoms with Crippen LogP contribution < -0.4 is 15.0 Å². The van der Waals surface area contributed by atoms with Gasteiger partial charge >= 0.3 is 11.9 Å². The van der Waals surface area contributed by atoms with E-state index < -0.39 is 11.6 Å². The summed E-state index contributed by atoms with van der Waals surface area (Å²) in [5.74, 6) is 0.998. The number of fused-ring (bicyclic) bond motifs is 2. The number of thiazole rings is 1. The number of ether oxygens (including phenoxy) is 3. The number of para-hydroxylation sites is 1. The van der Waals surface area contributed by atoms with Crippen LogP contribution >= 0.6 is 11.3 Å². The largest absolute Gasteiger partial charge is 0.466 e. The van der Waals surface area contributed by atoms with Gasteiger partial charge in [0.25, 0.3) is 5.91 Å². The Balaban J connectivity index is 1.13. The van der Waals surface area contributed by atoms with E-state index in [9.17, 15) is 14.4 Å². The summed E-state index contributed by atoms with van der Waals surface area (Å²) in [6, 6.07) is 31.0. The van der Waals surface area contributed by atoms with E-state index in [4.69, 9.17) is 19.2 Å². The average Bonchev–Trinajstić information content (AvgIpc) is 3.60. The fourth-order valence-corrected chi connectivity index (χ4v) is 7.80. The van der Waals surface area contributed by atoms with Crippen LogP contribution in [-0.4, -0.2) is 46.6 Å². The first-order chi connectivity index (χ1) is 27.5. The molecule has 0 radical (unpaired) electrons. The Hall–Kier alpha value is -6.07. The molecule has 292 valence electrons. The zero-order valence-corrected chi connectivity index (χ0v) is 33.7. The van der Waals surface area contributed by atoms with Crippen molar-refractivity contribution >= 4 is 50.3 Å². The highest BCUT2D eigenvalue weighted by Gasteiger charge is 2.28. The Morgan fingerprint density at radius 1 is 0.877 bits per heavy atom. The number of aromatic nitrogens is 2. The van der Waals surface area contributed by atoms with Gasteiger partial charge in [0.15, 0.2) is 10.8 Å². The quantitative estimate of drug-likeness (QED) is 0.121. The van der Waals surface area contributed by atoms with Crippen molar-refractivity contribution in [1.29, 1.82) is 0 Å². The molecule has 1 aliphatic rings. The summed E-state index contributed by atoms with van der Waals surface area (Å²) < 4.78 is 18.3. The summed E-state index contributed by atoms with van der Waals surface area (Å²) in [6.45, 7) is 10.8. The first kappa shape index (κ1) is 39.2. The Morgan fingerprint density at radius 3 is 2.44 bits per heavy atom. The van der Waals surface area contributed by atoms with E-state index in [0.29, 0.717) is 72.5 Å². The standard InChI is InChI=1S/C46H46N4O6S/c1-6-54-41(51)19-9-12-30-20-22-32(23-21-30)55-38-17-11-14-33(29(38)2)34-24-25-40(48-42(34)44(53)56-46(3,4)5)50-27-26-31-13-10-15-35(36(31)28-50)43(52)49-45-47-37-16-7-8-18-39(37)57-45/h7-8,10-11,13-18,20-25H,6,9,12,19,26-28H2,1-5H3,(H,47,49,52). The number of anilines is 2. The zero-order valence-electron chi connectivity index (χ0n) is 32.9. The molecule has 0 saturated carbocycles. The van der Waals surface area contributed by atoms with Crippen LogP contribution in [0, 0.1) is 6.92 Å². The predicted molar refractivity (Wildman–Crippen MR) is 224 cm³/mol. The van der Waals surface area contributed by atoms with Gasteiger partial charge in [-0.2, -0.15) is 0 Å². The number of benzene rings is 4. The summed E-state index contributed by atoms with van der Waals surface area (Å²) in [6.07, 6.45) is 2.56. The van der Waals surface area contributed by atoms with Gasteiger partial charge < -0.3 is 19.1 Å². The lowest BCUT2D eigenvalue weighted by Gasteiger charge is -2.31. The second kappa shape index (κ2) is 17.0. The molecular formula is C46H46N4O6S. The maximum atomic E-state index is 13.9. The van der Waals surface area contributed by atoms with Gasteiger partial charge in [-0.1, -0.05) is 59.9 Å². The van der Waals surface area contributed by atoms with Crippen molar-refractivity contribution in [2.75, 3.05) is 23.4 Å². The number of amides is 1. The topological polar surface area (TPSA) is 120 Å². The Labute approximate surface area is 336 Å². The summed E-state index contributed by atoms with van der Waals surface area (Å²) in [7, 11) is 0. The molecule has 0 unspecified atom stereocenters. The number of hydrogen-bond donors (Lipinski definition) is 1. The van der Waals surface area contributed by atoms with Crippen LogP contribution in [0.4, 0.5) is 10.9 Å². The predicted octanol–water partition coefficient (Wildman–Crippen LogP) is 10.1. The minimum atomic E-state index is -0.743. The van der Waals surface area contributed by atoms with Crippen LogP contribution in [0.25, 0.3) is 21.3 Å². The molecule has 3 heterocycles. The van der Waals surface area contributed by atoms with Crippen LogP contribution in [0.2, 0.25) is 0 Å². The fraction of sp³-hybridized carbons (Fsp3) is 0.283. The summed E-state index contributed by atoms with van der Waals surface area (Å²) in [4.78, 5) is 51.0. The smallest absolute Gasteiger partial charge is 0.358 e. The average molecular weight is 783 g/mol. The molecule has 1 aliphatic heterocycles. The number of nitrogens with one attached hydrogen (secondary N) is 1. The van der Waals surface area contributed by atoms with Crippen molar-refractivity contribution in [3.8, 4) is 22.6 Å². The molecule has 57 heavy (non-hydrogen) atoms. The second-order valence-electron chi connectivity index (χ2n) is 15.0. The van der Waals surface area contributed by atoms with Crippen LogP contribution in [0.5, 0.6) is 11.5 Å². The van der Waals surface area contributed by atoms with Crippen molar-refractivity contribution in [3.63, 3.8) is 0 Å². The van der Waals surface area contributed by atoms with E-state index in [0.717, 1.165) is 44.5 Å². The number of rotatable bonds is 12. The van der Waals surface area contributed by atoms with Crippen molar-refractivity contribution in [2.45, 2.75) is 72.4 Å². The lowest BCUT2D eigenvalue weighted by atomic mass is 9.94. The van der Waals surface area contributed by atoms with E-state index in [1.54, 1.807) is 0 Å². The number of carbonyl (C=O) groups is 3. The molecule has 1 amide bonds. The van der Waals surface area contributed by atoms with Gasteiger partial charge in [0, 0.05) is 30.6 Å². The van der Waals surface area contributed by atoms with Crippen molar-refractivity contribution in [3.05, 3.63) is 131 Å². The fourth-order valence-electron chi connectivity index (χ4n) is 6.94. The van der Waals surface area contributed by atoms with Gasteiger partial charge in [0.1, 0.15) is 22.9 Å². The minimum Gasteiger partial charge on any atom is -0.466 e. The molecule has 0 fully saturated rings. The molecule has 4 aromatic carbocycles. The van der Waals surface area contributed by atoms with Crippen molar-refractivity contribution < 1.29 is 28.6 Å². The molecule has 2 aromatic heterocycles. The first-order valence-electron chi connectivity index (χ1n) is 19.2. The van der Waals surface area contributed by atoms with Gasteiger partial charge in [-0.3, -0.25) is 14.9 Å². The van der Waals surface area contributed by atoms with Gasteiger partial charge in [-0.15, -0.1) is 0 Å². The maximum Gasteiger partial charge on any atom is 0.358 e. The summed E-state index contributed by atoms with van der Waals surface area (Å²) in [5.41, 5.74) is 6.25. The molecule has 0 saturated heterocycles. The number of aryl methyl sites for hydroxylation is 1. The van der Waals surface area contributed by atoms with Crippen LogP contribution in [-0.2, 0) is 33.7 Å². The van der Waals surface area contributed by atoms with E-state index in [2.05, 4.69) is 21.3 Å². The van der Waals surface area contributed by atoms with Gasteiger partial charge in [0.2, 0.25) is 0 Å². The highest BCUT2D eigenvalue weighted by molar-refractivity contribution is 7.22. The Kier molecular flexibility index (Phi) is 11.7. The molecule has 10 nitrogen and oxygen atoms in total. The number of hydrogen-bond acceptors (Lipinski definition) is 10. The van der Waals surface area contributed by atoms with Crippen LogP contribution in [0.1, 0.15) is 83.6 Å². The molecule has 1 N–H and O–H groups in total. The molecule has 0 spiro atoms. The Morgan fingerprint density at radius 2 is 1.67 bits per heavy atom. The van der Waals surface area contributed by atoms with Gasteiger partial charge in [-0.05, 0) is 130 Å². The Bertz CT molecular complexity index is 2400. The number of pyridine rings is 1. The second-order valence-corrected chi connectivity index (χ2v) is 16.0. The highest BCUT2D eigenvalue weighted by Crippen LogP contribution is 2.37. The molecular weight excluding hydrogens is 737 g/mol. The molecule has 0 atom stereocenters. The normalized spacial score (nSPS) is 12.5. The number of esters is 2. The third kappa shape index (κ3) is 9.32. The zero-order chi connectivity index (χ0) is 40.1. The van der Waals surface area contributed by atoms with Crippen molar-refractivity contribution in [1.82, 2.24) is 9.97 Å². The molecule has 6 aromatic rings.